The van der Waals surface area contributed by atoms with Crippen LogP contribution in [-0.2, 0) is 10.3 Å². The molecule has 1 aromatic carbocycles. The van der Waals surface area contributed by atoms with Crippen LogP contribution in [0.3, 0.4) is 0 Å². The number of carbonyl (C=O) groups excluding carboxylic acids is 1. The van der Waals surface area contributed by atoms with E-state index in [1.54, 1.807) is 6.92 Å². The van der Waals surface area contributed by atoms with Gasteiger partial charge in [-0.3, -0.25) is 4.79 Å². The number of carbonyl (C=O) groups is 1. The van der Waals surface area contributed by atoms with Gasteiger partial charge >= 0.3 is 0 Å². The number of ether oxygens (including phenoxy) is 1. The molecular weight excluding hydrogens is 306 g/mol. The van der Waals surface area contributed by atoms with Crippen molar-refractivity contribution >= 4 is 5.91 Å². The van der Waals surface area contributed by atoms with Crippen LogP contribution in [0, 0.1) is 13.8 Å². The van der Waals surface area contributed by atoms with Gasteiger partial charge in [0.05, 0.1) is 0 Å². The summed E-state index contributed by atoms with van der Waals surface area (Å²) in [5.74, 6) is 1.61. The number of benzene rings is 1. The molecule has 1 aliphatic rings. The number of rotatable bonds is 5. The summed E-state index contributed by atoms with van der Waals surface area (Å²) in [4.78, 5) is 16.8. The molecule has 128 valence electrons. The number of hydrogen-bond acceptors (Lipinski definition) is 5. The molecule has 1 aliphatic carbocycles. The smallest absolute Gasteiger partial charge is 0.258 e. The third-order valence-corrected chi connectivity index (χ3v) is 4.40. The zero-order chi connectivity index (χ0) is 17.0. The van der Waals surface area contributed by atoms with Gasteiger partial charge in [0.15, 0.2) is 12.4 Å². The van der Waals surface area contributed by atoms with Crippen molar-refractivity contribution in [1.82, 2.24) is 15.5 Å². The molecule has 0 radical (unpaired) electrons. The molecule has 0 bridgehead atoms. The van der Waals surface area contributed by atoms with Crippen LogP contribution in [0.25, 0.3) is 0 Å². The van der Waals surface area contributed by atoms with Gasteiger partial charge in [0.1, 0.15) is 11.3 Å². The van der Waals surface area contributed by atoms with Crippen LogP contribution >= 0.6 is 0 Å². The normalized spacial score (nSPS) is 16.6. The largest absolute Gasteiger partial charge is 0.484 e. The minimum atomic E-state index is -0.539. The fourth-order valence-corrected chi connectivity index (χ4v) is 3.21. The molecule has 0 saturated heterocycles. The minimum absolute atomic E-state index is 0.0258. The van der Waals surface area contributed by atoms with Gasteiger partial charge in [-0.15, -0.1) is 0 Å². The zero-order valence-electron chi connectivity index (χ0n) is 14.2. The van der Waals surface area contributed by atoms with Gasteiger partial charge in [0.2, 0.25) is 5.89 Å². The van der Waals surface area contributed by atoms with E-state index in [-0.39, 0.29) is 12.5 Å². The first-order valence-electron chi connectivity index (χ1n) is 8.39. The second-order valence-corrected chi connectivity index (χ2v) is 6.43. The molecule has 0 atom stereocenters. The molecule has 1 aromatic heterocycles. The van der Waals surface area contributed by atoms with E-state index in [9.17, 15) is 4.79 Å². The number of aryl methyl sites for hydroxylation is 2. The first-order valence-corrected chi connectivity index (χ1v) is 8.39. The Labute approximate surface area is 141 Å². The van der Waals surface area contributed by atoms with Gasteiger partial charge in [-0.1, -0.05) is 36.6 Å². The van der Waals surface area contributed by atoms with Gasteiger partial charge in [0.25, 0.3) is 5.91 Å². The Morgan fingerprint density at radius 1 is 1.29 bits per heavy atom. The average molecular weight is 329 g/mol. The van der Waals surface area contributed by atoms with E-state index in [1.165, 1.54) is 0 Å². The topological polar surface area (TPSA) is 77.2 Å². The fraction of sp³-hybridized carbons (Fsp3) is 0.500. The molecule has 2 aromatic rings. The molecular formula is C18H23N3O3. The standard InChI is InChI=1S/C18H23N3O3/c1-13-7-6-8-15(11-13)23-12-16(22)20-18(9-4-3-5-10-18)17-19-14(2)24-21-17/h6-8,11H,3-5,9-10,12H2,1-2H3,(H,20,22). The number of hydrogen-bond donors (Lipinski definition) is 1. The van der Waals surface area contributed by atoms with Gasteiger partial charge < -0.3 is 14.6 Å². The molecule has 1 heterocycles. The zero-order valence-corrected chi connectivity index (χ0v) is 14.2. The SMILES string of the molecule is Cc1cccc(OCC(=O)NC2(c3noc(C)n3)CCCCC2)c1. The highest BCUT2D eigenvalue weighted by Gasteiger charge is 2.39. The highest BCUT2D eigenvalue weighted by molar-refractivity contribution is 5.78. The summed E-state index contributed by atoms with van der Waals surface area (Å²) in [6.07, 6.45) is 4.87. The van der Waals surface area contributed by atoms with Crippen molar-refractivity contribution < 1.29 is 14.1 Å². The van der Waals surface area contributed by atoms with Crippen molar-refractivity contribution in [2.24, 2.45) is 0 Å². The summed E-state index contributed by atoms with van der Waals surface area (Å²) in [7, 11) is 0. The van der Waals surface area contributed by atoms with Crippen LogP contribution in [0.15, 0.2) is 28.8 Å². The Balaban J connectivity index is 1.67. The van der Waals surface area contributed by atoms with Gasteiger partial charge in [0, 0.05) is 6.92 Å². The molecule has 6 nitrogen and oxygen atoms in total. The summed E-state index contributed by atoms with van der Waals surface area (Å²) < 4.78 is 10.7. The van der Waals surface area contributed by atoms with Crippen molar-refractivity contribution in [1.29, 1.82) is 0 Å². The highest BCUT2D eigenvalue weighted by Crippen LogP contribution is 2.35. The summed E-state index contributed by atoms with van der Waals surface area (Å²) in [6.45, 7) is 3.72. The Hall–Kier alpha value is -2.37. The van der Waals surface area contributed by atoms with Crippen LogP contribution < -0.4 is 10.1 Å². The van der Waals surface area contributed by atoms with Crippen molar-refractivity contribution in [2.45, 2.75) is 51.5 Å². The lowest BCUT2D eigenvalue weighted by Crippen LogP contribution is -2.49. The first kappa shape index (κ1) is 16.5. The quantitative estimate of drug-likeness (QED) is 0.912. The lowest BCUT2D eigenvalue weighted by atomic mass is 9.81. The predicted molar refractivity (Wildman–Crippen MR) is 88.6 cm³/mol. The molecule has 1 amide bonds. The van der Waals surface area contributed by atoms with E-state index in [0.717, 1.165) is 37.7 Å². The van der Waals surface area contributed by atoms with E-state index in [4.69, 9.17) is 9.26 Å². The summed E-state index contributed by atoms with van der Waals surface area (Å²) >= 11 is 0. The van der Waals surface area contributed by atoms with Crippen molar-refractivity contribution in [2.75, 3.05) is 6.61 Å². The lowest BCUT2D eigenvalue weighted by Gasteiger charge is -2.35. The van der Waals surface area contributed by atoms with Crippen molar-refractivity contribution in [3.8, 4) is 5.75 Å². The highest BCUT2D eigenvalue weighted by atomic mass is 16.5. The molecule has 0 spiro atoms. The monoisotopic (exact) mass is 329 g/mol. The van der Waals surface area contributed by atoms with Crippen LogP contribution in [0.1, 0.15) is 49.4 Å². The summed E-state index contributed by atoms with van der Waals surface area (Å²) in [5, 5.41) is 7.15. The fourth-order valence-electron chi connectivity index (χ4n) is 3.21. The Morgan fingerprint density at radius 2 is 2.08 bits per heavy atom. The van der Waals surface area contributed by atoms with E-state index in [0.29, 0.717) is 17.5 Å². The maximum Gasteiger partial charge on any atom is 0.258 e. The Kier molecular flexibility index (Phi) is 4.83. The molecule has 24 heavy (non-hydrogen) atoms. The second-order valence-electron chi connectivity index (χ2n) is 6.43. The molecule has 3 rings (SSSR count). The van der Waals surface area contributed by atoms with Gasteiger partial charge in [-0.2, -0.15) is 4.98 Å². The molecule has 1 fully saturated rings. The van der Waals surface area contributed by atoms with E-state index in [1.807, 2.05) is 31.2 Å². The van der Waals surface area contributed by atoms with Crippen molar-refractivity contribution in [3.63, 3.8) is 0 Å². The molecule has 0 aliphatic heterocycles. The van der Waals surface area contributed by atoms with E-state index >= 15 is 0 Å². The second kappa shape index (κ2) is 7.03. The maximum atomic E-state index is 12.4. The third kappa shape index (κ3) is 3.75. The van der Waals surface area contributed by atoms with Crippen LogP contribution in [0.4, 0.5) is 0 Å². The number of nitrogens with zero attached hydrogens (tertiary/aromatic N) is 2. The summed E-state index contributed by atoms with van der Waals surface area (Å²) in [6, 6.07) is 7.65. The summed E-state index contributed by atoms with van der Waals surface area (Å²) in [5.41, 5.74) is 0.558. The molecule has 6 heteroatoms. The molecule has 1 saturated carbocycles. The number of aromatic nitrogens is 2. The van der Waals surface area contributed by atoms with Crippen LogP contribution in [0.2, 0.25) is 0 Å². The van der Waals surface area contributed by atoms with Gasteiger partial charge in [-0.25, -0.2) is 0 Å². The van der Waals surface area contributed by atoms with E-state index < -0.39 is 5.54 Å². The number of nitrogens with one attached hydrogen (secondary N) is 1. The Morgan fingerprint density at radius 3 is 2.75 bits per heavy atom. The Bertz CT molecular complexity index is 705. The van der Waals surface area contributed by atoms with Crippen LogP contribution in [-0.4, -0.2) is 22.7 Å². The molecule has 1 N–H and O–H groups in total. The lowest BCUT2D eigenvalue weighted by molar-refractivity contribution is -0.125. The van der Waals surface area contributed by atoms with E-state index in [2.05, 4.69) is 15.5 Å². The minimum Gasteiger partial charge on any atom is -0.484 e. The first-order chi connectivity index (χ1) is 11.6. The maximum absolute atomic E-state index is 12.4. The van der Waals surface area contributed by atoms with Crippen LogP contribution in [0.5, 0.6) is 5.75 Å². The molecule has 0 unspecified atom stereocenters. The van der Waals surface area contributed by atoms with Crippen molar-refractivity contribution in [3.05, 3.63) is 41.5 Å². The van der Waals surface area contributed by atoms with Gasteiger partial charge in [-0.05, 0) is 37.5 Å². The average Bonchev–Trinajstić information content (AvgIpc) is 3.01. The predicted octanol–water partition coefficient (Wildman–Crippen LogP) is 3.04. The number of amides is 1. The third-order valence-electron chi connectivity index (χ3n) is 4.40.